The molecule has 1 aromatic rings. The van der Waals surface area contributed by atoms with E-state index in [-0.39, 0.29) is 11.7 Å². The van der Waals surface area contributed by atoms with Crippen molar-refractivity contribution in [3.05, 3.63) is 29.8 Å². The van der Waals surface area contributed by atoms with Gasteiger partial charge in [-0.1, -0.05) is 12.1 Å². The summed E-state index contributed by atoms with van der Waals surface area (Å²) in [5.41, 5.74) is 1.14. The van der Waals surface area contributed by atoms with E-state index in [2.05, 4.69) is 5.32 Å². The van der Waals surface area contributed by atoms with Crippen LogP contribution in [0.25, 0.3) is 6.08 Å². The molecule has 0 aliphatic carbocycles. The highest BCUT2D eigenvalue weighted by atomic mass is 16.3. The SMILES string of the molecule is O=C1C=Cc2cccc(O)c2[N]1. The van der Waals surface area contributed by atoms with E-state index in [1.54, 1.807) is 18.2 Å². The van der Waals surface area contributed by atoms with Gasteiger partial charge in [-0.25, -0.2) is 5.32 Å². The molecule has 1 aliphatic heterocycles. The normalized spacial score (nSPS) is 13.8. The van der Waals surface area contributed by atoms with Gasteiger partial charge in [0.2, 0.25) is 0 Å². The molecule has 1 aromatic carbocycles. The van der Waals surface area contributed by atoms with Crippen LogP contribution in [0.4, 0.5) is 5.69 Å². The Bertz CT molecular complexity index is 369. The predicted octanol–water partition coefficient (Wildman–Crippen LogP) is 1.18. The van der Waals surface area contributed by atoms with Crippen LogP contribution in [0.2, 0.25) is 0 Å². The molecular weight excluding hydrogens is 154 g/mol. The molecule has 3 nitrogen and oxygen atoms in total. The molecule has 1 amide bonds. The van der Waals surface area contributed by atoms with E-state index >= 15 is 0 Å². The van der Waals surface area contributed by atoms with Crippen LogP contribution in [-0.2, 0) is 4.79 Å². The highest BCUT2D eigenvalue weighted by molar-refractivity contribution is 6.00. The van der Waals surface area contributed by atoms with Gasteiger partial charge < -0.3 is 5.11 Å². The number of fused-ring (bicyclic) bond motifs is 1. The second-order valence-corrected chi connectivity index (χ2v) is 2.50. The number of nitrogens with zero attached hydrogens (tertiary/aromatic N) is 1. The number of phenolic OH excluding ortho intramolecular Hbond substituents is 1. The highest BCUT2D eigenvalue weighted by Gasteiger charge is 2.13. The van der Waals surface area contributed by atoms with E-state index in [9.17, 15) is 9.90 Å². The lowest BCUT2D eigenvalue weighted by molar-refractivity contribution is -0.115. The number of amides is 1. The molecule has 1 radical (unpaired) electrons. The molecule has 0 fully saturated rings. The first-order valence-electron chi connectivity index (χ1n) is 3.53. The largest absolute Gasteiger partial charge is 0.506 e. The fourth-order valence-electron chi connectivity index (χ4n) is 1.11. The molecule has 1 aliphatic rings. The van der Waals surface area contributed by atoms with Gasteiger partial charge in [-0.05, 0) is 12.1 Å². The summed E-state index contributed by atoms with van der Waals surface area (Å²) in [6.45, 7) is 0. The van der Waals surface area contributed by atoms with E-state index in [0.717, 1.165) is 5.56 Å². The molecule has 0 spiro atoms. The van der Waals surface area contributed by atoms with E-state index in [0.29, 0.717) is 5.69 Å². The molecule has 0 saturated carbocycles. The van der Waals surface area contributed by atoms with Crippen molar-refractivity contribution in [3.8, 4) is 5.75 Å². The number of benzene rings is 1. The monoisotopic (exact) mass is 160 g/mol. The number of carbonyl (C=O) groups is 1. The summed E-state index contributed by atoms with van der Waals surface area (Å²) in [4.78, 5) is 10.8. The Balaban J connectivity index is 2.60. The summed E-state index contributed by atoms with van der Waals surface area (Å²) in [5, 5.41) is 13.0. The van der Waals surface area contributed by atoms with Gasteiger partial charge in [-0.15, -0.1) is 0 Å². The molecule has 0 saturated heterocycles. The lowest BCUT2D eigenvalue weighted by atomic mass is 10.1. The fraction of sp³-hybridized carbons (Fsp3) is 0. The van der Waals surface area contributed by atoms with Crippen molar-refractivity contribution in [3.63, 3.8) is 0 Å². The maximum Gasteiger partial charge on any atom is 0.270 e. The van der Waals surface area contributed by atoms with E-state index in [1.807, 2.05) is 0 Å². The zero-order chi connectivity index (χ0) is 8.55. The molecular formula is C9H6NO2. The first kappa shape index (κ1) is 6.91. The molecule has 3 heteroatoms. The average molecular weight is 160 g/mol. The van der Waals surface area contributed by atoms with Crippen molar-refractivity contribution in [1.29, 1.82) is 0 Å². The molecule has 0 atom stereocenters. The van der Waals surface area contributed by atoms with Gasteiger partial charge in [0.05, 0.1) is 0 Å². The van der Waals surface area contributed by atoms with Crippen LogP contribution in [-0.4, -0.2) is 11.0 Å². The minimum absolute atomic E-state index is 0.0465. The van der Waals surface area contributed by atoms with Crippen LogP contribution >= 0.6 is 0 Å². The first-order chi connectivity index (χ1) is 5.77. The standard InChI is InChI=1S/C9H6NO2/c11-7-3-1-2-6-4-5-8(12)10-9(6)7/h1-5,11H. The van der Waals surface area contributed by atoms with Gasteiger partial charge in [0.25, 0.3) is 5.91 Å². The van der Waals surface area contributed by atoms with Gasteiger partial charge in [0.1, 0.15) is 11.4 Å². The number of para-hydroxylation sites is 1. The zero-order valence-corrected chi connectivity index (χ0v) is 6.19. The molecule has 59 valence electrons. The lowest BCUT2D eigenvalue weighted by Crippen LogP contribution is -2.11. The average Bonchev–Trinajstić information content (AvgIpc) is 2.07. The van der Waals surface area contributed by atoms with Crippen molar-refractivity contribution in [2.24, 2.45) is 0 Å². The van der Waals surface area contributed by atoms with Crippen molar-refractivity contribution in [2.45, 2.75) is 0 Å². The van der Waals surface area contributed by atoms with Gasteiger partial charge in [-0.3, -0.25) is 4.79 Å². The molecule has 0 unspecified atom stereocenters. The van der Waals surface area contributed by atoms with Crippen molar-refractivity contribution >= 4 is 17.7 Å². The lowest BCUT2D eigenvalue weighted by Gasteiger charge is -2.09. The number of hydrogen-bond acceptors (Lipinski definition) is 2. The summed E-state index contributed by atoms with van der Waals surface area (Å²) in [7, 11) is 0. The van der Waals surface area contributed by atoms with Crippen LogP contribution in [0.5, 0.6) is 5.75 Å². The van der Waals surface area contributed by atoms with Crippen molar-refractivity contribution in [1.82, 2.24) is 5.32 Å². The third kappa shape index (κ3) is 0.955. The van der Waals surface area contributed by atoms with Crippen LogP contribution in [0.15, 0.2) is 24.3 Å². The minimum atomic E-state index is -0.330. The number of phenols is 1. The van der Waals surface area contributed by atoms with Gasteiger partial charge >= 0.3 is 0 Å². The number of hydrogen-bond donors (Lipinski definition) is 1. The Morgan fingerprint density at radius 3 is 2.92 bits per heavy atom. The van der Waals surface area contributed by atoms with Crippen LogP contribution in [0, 0.1) is 0 Å². The topological polar surface area (TPSA) is 51.4 Å². The Kier molecular flexibility index (Phi) is 1.37. The molecule has 12 heavy (non-hydrogen) atoms. The molecule has 0 aromatic heterocycles. The van der Waals surface area contributed by atoms with E-state index in [4.69, 9.17) is 0 Å². The summed E-state index contributed by atoms with van der Waals surface area (Å²) < 4.78 is 0. The fourth-order valence-corrected chi connectivity index (χ4v) is 1.11. The number of rotatable bonds is 0. The van der Waals surface area contributed by atoms with Gasteiger partial charge in [0.15, 0.2) is 0 Å². The first-order valence-corrected chi connectivity index (χ1v) is 3.53. The maximum absolute atomic E-state index is 10.8. The molecule has 1 heterocycles. The Morgan fingerprint density at radius 1 is 1.25 bits per heavy atom. The smallest absolute Gasteiger partial charge is 0.270 e. The second-order valence-electron chi connectivity index (χ2n) is 2.50. The van der Waals surface area contributed by atoms with Crippen molar-refractivity contribution in [2.75, 3.05) is 0 Å². The molecule has 0 bridgehead atoms. The summed E-state index contributed by atoms with van der Waals surface area (Å²) >= 11 is 0. The van der Waals surface area contributed by atoms with Gasteiger partial charge in [0, 0.05) is 11.6 Å². The Labute approximate surface area is 69.3 Å². The molecule has 2 rings (SSSR count). The molecule has 1 N–H and O–H groups in total. The Morgan fingerprint density at radius 2 is 2.08 bits per heavy atom. The van der Waals surface area contributed by atoms with Crippen LogP contribution in [0.1, 0.15) is 5.56 Å². The minimum Gasteiger partial charge on any atom is -0.506 e. The zero-order valence-electron chi connectivity index (χ0n) is 6.19. The third-order valence-corrected chi connectivity index (χ3v) is 1.67. The maximum atomic E-state index is 10.8. The van der Waals surface area contributed by atoms with E-state index in [1.165, 1.54) is 12.1 Å². The van der Waals surface area contributed by atoms with Crippen LogP contribution < -0.4 is 5.32 Å². The number of aromatic hydroxyl groups is 1. The third-order valence-electron chi connectivity index (χ3n) is 1.67. The van der Waals surface area contributed by atoms with Crippen LogP contribution in [0.3, 0.4) is 0 Å². The highest BCUT2D eigenvalue weighted by Crippen LogP contribution is 2.30. The van der Waals surface area contributed by atoms with E-state index < -0.39 is 0 Å². The summed E-state index contributed by atoms with van der Waals surface area (Å²) in [5.74, 6) is -0.283. The summed E-state index contributed by atoms with van der Waals surface area (Å²) in [6.07, 6.45) is 3.02. The summed E-state index contributed by atoms with van der Waals surface area (Å²) in [6, 6.07) is 5.01. The number of carbonyl (C=O) groups excluding carboxylic acids is 1. The quantitative estimate of drug-likeness (QED) is 0.619. The van der Waals surface area contributed by atoms with Gasteiger partial charge in [-0.2, -0.15) is 0 Å². The van der Waals surface area contributed by atoms with Crippen molar-refractivity contribution < 1.29 is 9.90 Å². The second kappa shape index (κ2) is 2.37. The Hall–Kier alpha value is -1.77. The predicted molar refractivity (Wildman–Crippen MR) is 43.9 cm³/mol.